The van der Waals surface area contributed by atoms with Crippen LogP contribution in [0.2, 0.25) is 10.0 Å². The minimum absolute atomic E-state index is 0.534. The molecule has 6 heteroatoms. The molecule has 0 spiro atoms. The summed E-state index contributed by atoms with van der Waals surface area (Å²) in [5.74, 6) is 1.52. The van der Waals surface area contributed by atoms with E-state index in [9.17, 15) is 0 Å². The highest BCUT2D eigenvalue weighted by Crippen LogP contribution is 2.31. The smallest absolute Gasteiger partial charge is 0.229 e. The molecule has 1 saturated heterocycles. The number of rotatable bonds is 3. The standard InChI is InChI=1S/C20H20Cl2N4/c21-14-9-10-16(22)18(13-14)24-20-23-17-8-4-3-7-15(17)19(25-20)26-11-5-1-2-6-12-26/h3-4,7-10,13H,1-2,5-6,11-12H2,(H,23,24,25). The van der Waals surface area contributed by atoms with Crippen LogP contribution in [0.3, 0.4) is 0 Å². The fourth-order valence-corrected chi connectivity index (χ4v) is 3.69. The van der Waals surface area contributed by atoms with E-state index in [-0.39, 0.29) is 0 Å². The van der Waals surface area contributed by atoms with Crippen LogP contribution in [-0.2, 0) is 0 Å². The van der Waals surface area contributed by atoms with E-state index in [0.29, 0.717) is 21.7 Å². The average molecular weight is 387 g/mol. The highest BCUT2D eigenvalue weighted by atomic mass is 35.5. The predicted octanol–water partition coefficient (Wildman–Crippen LogP) is 6.06. The Morgan fingerprint density at radius 1 is 0.885 bits per heavy atom. The first kappa shape index (κ1) is 17.4. The Kier molecular flexibility index (Phi) is 5.14. The fourth-order valence-electron chi connectivity index (χ4n) is 3.35. The number of fused-ring (bicyclic) bond motifs is 1. The van der Waals surface area contributed by atoms with E-state index >= 15 is 0 Å². The molecule has 1 aliphatic rings. The Morgan fingerprint density at radius 2 is 1.65 bits per heavy atom. The SMILES string of the molecule is Clc1ccc(Cl)c(Nc2nc(N3CCCCCC3)c3ccccc3n2)c1. The van der Waals surface area contributed by atoms with Gasteiger partial charge in [-0.2, -0.15) is 4.98 Å². The molecule has 26 heavy (non-hydrogen) atoms. The van der Waals surface area contributed by atoms with Gasteiger partial charge in [0.1, 0.15) is 5.82 Å². The van der Waals surface area contributed by atoms with Crippen molar-refractivity contribution in [2.24, 2.45) is 0 Å². The second-order valence-corrected chi connectivity index (χ2v) is 7.38. The molecule has 134 valence electrons. The predicted molar refractivity (Wildman–Crippen MR) is 110 cm³/mol. The fraction of sp³-hybridized carbons (Fsp3) is 0.300. The zero-order valence-electron chi connectivity index (χ0n) is 14.4. The molecule has 1 N–H and O–H groups in total. The molecule has 2 heterocycles. The number of benzene rings is 2. The van der Waals surface area contributed by atoms with Crippen molar-refractivity contribution >= 4 is 51.6 Å². The number of nitrogens with one attached hydrogen (secondary N) is 1. The first-order chi connectivity index (χ1) is 12.7. The molecule has 0 aliphatic carbocycles. The lowest BCUT2D eigenvalue weighted by molar-refractivity contribution is 0.726. The van der Waals surface area contributed by atoms with Gasteiger partial charge in [-0.15, -0.1) is 0 Å². The molecular formula is C20H20Cl2N4. The van der Waals surface area contributed by atoms with E-state index in [1.807, 2.05) is 18.2 Å². The summed E-state index contributed by atoms with van der Waals surface area (Å²) in [4.78, 5) is 11.9. The Hall–Kier alpha value is -2.04. The van der Waals surface area contributed by atoms with Gasteiger partial charge in [-0.05, 0) is 43.2 Å². The van der Waals surface area contributed by atoms with Crippen molar-refractivity contribution in [1.82, 2.24) is 9.97 Å². The number of para-hydroxylation sites is 1. The molecule has 0 radical (unpaired) electrons. The van der Waals surface area contributed by atoms with Crippen LogP contribution in [0.15, 0.2) is 42.5 Å². The van der Waals surface area contributed by atoms with Crippen LogP contribution in [0.5, 0.6) is 0 Å². The third-order valence-electron chi connectivity index (χ3n) is 4.66. The second-order valence-electron chi connectivity index (χ2n) is 6.54. The maximum atomic E-state index is 6.29. The number of hydrogen-bond acceptors (Lipinski definition) is 4. The molecule has 3 aromatic rings. The number of anilines is 3. The van der Waals surface area contributed by atoms with Crippen molar-refractivity contribution in [1.29, 1.82) is 0 Å². The topological polar surface area (TPSA) is 41.1 Å². The lowest BCUT2D eigenvalue weighted by atomic mass is 10.2. The second kappa shape index (κ2) is 7.68. The summed E-state index contributed by atoms with van der Waals surface area (Å²) >= 11 is 12.4. The highest BCUT2D eigenvalue weighted by molar-refractivity contribution is 6.35. The van der Waals surface area contributed by atoms with Gasteiger partial charge in [0, 0.05) is 23.5 Å². The largest absolute Gasteiger partial charge is 0.356 e. The summed E-state index contributed by atoms with van der Waals surface area (Å²) < 4.78 is 0. The molecule has 1 aliphatic heterocycles. The molecule has 1 fully saturated rings. The first-order valence-corrected chi connectivity index (χ1v) is 9.70. The van der Waals surface area contributed by atoms with E-state index in [4.69, 9.17) is 28.2 Å². The van der Waals surface area contributed by atoms with Crippen LogP contribution >= 0.6 is 23.2 Å². The molecular weight excluding hydrogens is 367 g/mol. The normalized spacial score (nSPS) is 15.1. The van der Waals surface area contributed by atoms with Crippen LogP contribution in [0.25, 0.3) is 10.9 Å². The van der Waals surface area contributed by atoms with Crippen molar-refractivity contribution in [2.75, 3.05) is 23.3 Å². The van der Waals surface area contributed by atoms with Gasteiger partial charge in [0.2, 0.25) is 5.95 Å². The van der Waals surface area contributed by atoms with Gasteiger partial charge in [0.05, 0.1) is 16.2 Å². The van der Waals surface area contributed by atoms with E-state index in [1.165, 1.54) is 25.7 Å². The summed E-state index contributed by atoms with van der Waals surface area (Å²) in [7, 11) is 0. The third-order valence-corrected chi connectivity index (χ3v) is 5.23. The summed E-state index contributed by atoms with van der Waals surface area (Å²) in [6.07, 6.45) is 4.95. The maximum Gasteiger partial charge on any atom is 0.229 e. The van der Waals surface area contributed by atoms with Gasteiger partial charge in [-0.25, -0.2) is 4.98 Å². The molecule has 4 nitrogen and oxygen atoms in total. The molecule has 0 atom stereocenters. The van der Waals surface area contributed by atoms with Gasteiger partial charge in [0.15, 0.2) is 0 Å². The van der Waals surface area contributed by atoms with Crippen LogP contribution in [0.1, 0.15) is 25.7 Å². The summed E-state index contributed by atoms with van der Waals surface area (Å²) in [5.41, 5.74) is 1.62. The number of halogens is 2. The van der Waals surface area contributed by atoms with E-state index in [0.717, 1.165) is 29.8 Å². The summed E-state index contributed by atoms with van der Waals surface area (Å²) in [6.45, 7) is 2.05. The quantitative estimate of drug-likeness (QED) is 0.593. The van der Waals surface area contributed by atoms with Gasteiger partial charge >= 0.3 is 0 Å². The van der Waals surface area contributed by atoms with E-state index in [2.05, 4.69) is 21.3 Å². The van der Waals surface area contributed by atoms with Crippen molar-refractivity contribution in [2.45, 2.75) is 25.7 Å². The van der Waals surface area contributed by atoms with Crippen LogP contribution in [0.4, 0.5) is 17.5 Å². The van der Waals surface area contributed by atoms with Crippen molar-refractivity contribution < 1.29 is 0 Å². The third kappa shape index (κ3) is 3.71. The van der Waals surface area contributed by atoms with Crippen molar-refractivity contribution in [3.63, 3.8) is 0 Å². The Labute approximate surface area is 163 Å². The molecule has 0 amide bonds. The van der Waals surface area contributed by atoms with Gasteiger partial charge in [-0.3, -0.25) is 0 Å². The van der Waals surface area contributed by atoms with Gasteiger partial charge in [0.25, 0.3) is 0 Å². The number of nitrogens with zero attached hydrogens (tertiary/aromatic N) is 3. The lowest BCUT2D eigenvalue weighted by Gasteiger charge is -2.23. The van der Waals surface area contributed by atoms with Crippen LogP contribution < -0.4 is 10.2 Å². The Morgan fingerprint density at radius 3 is 2.46 bits per heavy atom. The minimum Gasteiger partial charge on any atom is -0.356 e. The summed E-state index contributed by atoms with van der Waals surface area (Å²) in [6, 6.07) is 13.5. The van der Waals surface area contributed by atoms with Crippen molar-refractivity contribution in [3.05, 3.63) is 52.5 Å². The minimum atomic E-state index is 0.534. The zero-order chi connectivity index (χ0) is 17.9. The first-order valence-electron chi connectivity index (χ1n) is 8.94. The molecule has 1 aromatic heterocycles. The zero-order valence-corrected chi connectivity index (χ0v) is 15.9. The van der Waals surface area contributed by atoms with Gasteiger partial charge < -0.3 is 10.2 Å². The molecule has 0 unspecified atom stereocenters. The number of aromatic nitrogens is 2. The van der Waals surface area contributed by atoms with E-state index < -0.39 is 0 Å². The number of hydrogen-bond donors (Lipinski definition) is 1. The molecule has 0 bridgehead atoms. The Bertz CT molecular complexity index is 921. The average Bonchev–Trinajstić information content (AvgIpc) is 2.93. The lowest BCUT2D eigenvalue weighted by Crippen LogP contribution is -2.25. The summed E-state index contributed by atoms with van der Waals surface area (Å²) in [5, 5.41) is 5.52. The van der Waals surface area contributed by atoms with Crippen molar-refractivity contribution in [3.8, 4) is 0 Å². The maximum absolute atomic E-state index is 6.29. The monoisotopic (exact) mass is 386 g/mol. The molecule has 2 aromatic carbocycles. The Balaban J connectivity index is 1.77. The van der Waals surface area contributed by atoms with Crippen LogP contribution in [0, 0.1) is 0 Å². The van der Waals surface area contributed by atoms with Crippen LogP contribution in [-0.4, -0.2) is 23.1 Å². The van der Waals surface area contributed by atoms with Gasteiger partial charge in [-0.1, -0.05) is 48.2 Å². The molecule has 0 saturated carbocycles. The highest BCUT2D eigenvalue weighted by Gasteiger charge is 2.16. The van der Waals surface area contributed by atoms with E-state index in [1.54, 1.807) is 18.2 Å². The molecule has 4 rings (SSSR count).